The van der Waals surface area contributed by atoms with Crippen molar-refractivity contribution in [3.8, 4) is 0 Å². The molecule has 0 amide bonds. The molecule has 6 rings (SSSR count). The molecule has 2 N–H and O–H groups in total. The lowest BCUT2D eigenvalue weighted by molar-refractivity contribution is -0.116. The molecular weight excluding hydrogens is 618 g/mol. The molecule has 13 heteroatoms. The minimum Gasteiger partial charge on any atom is -0.383 e. The zero-order chi connectivity index (χ0) is 31.0. The van der Waals surface area contributed by atoms with Gasteiger partial charge >= 0.3 is 0 Å². The standard InChI is InChI=1S/C31H36ClN7O3S2/c1-3-30(29-13-22-5-6-23(32)14-28(22)43-29)44(41,42)38-17-24(16-37-10-8-36(2)9-11-37)39(25(18-38)19-40)15-21-4-7-26-27(12-21)34-20-35-31(26)33/h3-7,12-14,19-20,24-25,30H,1,8-11,15-18H2,2H3,(H2,33,34,35). The maximum atomic E-state index is 14.3. The molecule has 4 heterocycles. The maximum absolute atomic E-state index is 14.3. The number of anilines is 1. The summed E-state index contributed by atoms with van der Waals surface area (Å²) in [6.07, 6.45) is 3.81. The van der Waals surface area contributed by atoms with E-state index < -0.39 is 21.3 Å². The Morgan fingerprint density at radius 1 is 1.11 bits per heavy atom. The van der Waals surface area contributed by atoms with Crippen molar-refractivity contribution in [3.63, 3.8) is 0 Å². The molecule has 2 aliphatic heterocycles. The zero-order valence-corrected chi connectivity index (χ0v) is 26.9. The minimum atomic E-state index is -3.89. The van der Waals surface area contributed by atoms with Gasteiger partial charge in [-0.15, -0.1) is 17.9 Å². The summed E-state index contributed by atoms with van der Waals surface area (Å²) in [7, 11) is -1.79. The first-order valence-corrected chi connectivity index (χ1v) is 17.3. The van der Waals surface area contributed by atoms with Crippen LogP contribution in [0.15, 0.2) is 61.4 Å². The molecule has 3 atom stereocenters. The van der Waals surface area contributed by atoms with Crippen LogP contribution in [0.2, 0.25) is 5.02 Å². The van der Waals surface area contributed by atoms with E-state index in [-0.39, 0.29) is 19.1 Å². The van der Waals surface area contributed by atoms with Crippen LogP contribution >= 0.6 is 22.9 Å². The van der Waals surface area contributed by atoms with Gasteiger partial charge in [-0.05, 0) is 48.3 Å². The molecule has 44 heavy (non-hydrogen) atoms. The van der Waals surface area contributed by atoms with E-state index in [0.29, 0.717) is 28.8 Å². The molecule has 0 aliphatic carbocycles. The van der Waals surface area contributed by atoms with Crippen LogP contribution in [0.3, 0.4) is 0 Å². The Hall–Kier alpha value is -2.97. The summed E-state index contributed by atoms with van der Waals surface area (Å²) in [4.78, 5) is 28.6. The SMILES string of the molecule is C=CC(c1cc2ccc(Cl)cc2s1)S(=O)(=O)N1CC(C=O)N(Cc2ccc3c(N)ncnc3c2)C(CN2CCN(C)CC2)C1. The van der Waals surface area contributed by atoms with Crippen LogP contribution < -0.4 is 5.73 Å². The number of rotatable bonds is 9. The highest BCUT2D eigenvalue weighted by atomic mass is 35.5. The van der Waals surface area contributed by atoms with Gasteiger partial charge in [-0.25, -0.2) is 18.4 Å². The summed E-state index contributed by atoms with van der Waals surface area (Å²) < 4.78 is 31.0. The number of aldehydes is 1. The lowest BCUT2D eigenvalue weighted by Crippen LogP contribution is -2.63. The van der Waals surface area contributed by atoms with E-state index in [1.54, 1.807) is 6.07 Å². The smallest absolute Gasteiger partial charge is 0.225 e. The van der Waals surface area contributed by atoms with Gasteiger partial charge in [0.2, 0.25) is 10.0 Å². The van der Waals surface area contributed by atoms with Gasteiger partial charge in [-0.1, -0.05) is 29.8 Å². The number of nitrogen functional groups attached to an aromatic ring is 1. The number of halogens is 1. The predicted octanol–water partition coefficient (Wildman–Crippen LogP) is 3.64. The van der Waals surface area contributed by atoms with E-state index in [1.807, 2.05) is 36.4 Å². The number of thiophene rings is 1. The molecule has 3 unspecified atom stereocenters. The summed E-state index contributed by atoms with van der Waals surface area (Å²) >= 11 is 7.60. The van der Waals surface area contributed by atoms with Crippen molar-refractivity contribution in [1.82, 2.24) is 29.0 Å². The van der Waals surface area contributed by atoms with Gasteiger partial charge in [-0.2, -0.15) is 4.31 Å². The van der Waals surface area contributed by atoms with Gasteiger partial charge in [0.05, 0.1) is 11.6 Å². The first-order chi connectivity index (χ1) is 21.2. The lowest BCUT2D eigenvalue weighted by Gasteiger charge is -2.47. The number of hydrogen-bond acceptors (Lipinski definition) is 10. The molecule has 0 saturated carbocycles. The van der Waals surface area contributed by atoms with E-state index in [4.69, 9.17) is 17.3 Å². The fourth-order valence-corrected chi connectivity index (χ4v) is 9.70. The number of sulfonamides is 1. The Morgan fingerprint density at radius 3 is 2.66 bits per heavy atom. The minimum absolute atomic E-state index is 0.0643. The lowest BCUT2D eigenvalue weighted by atomic mass is 10.0. The first-order valence-electron chi connectivity index (χ1n) is 14.6. The van der Waals surface area contributed by atoms with E-state index in [2.05, 4.69) is 38.3 Å². The number of carbonyl (C=O) groups excluding carboxylic acids is 1. The van der Waals surface area contributed by atoms with Crippen molar-refractivity contribution >= 4 is 66.1 Å². The van der Waals surface area contributed by atoms with Gasteiger partial charge in [0.1, 0.15) is 23.7 Å². The Labute approximate surface area is 266 Å². The third-order valence-corrected chi connectivity index (χ3v) is 12.4. The number of likely N-dealkylation sites (N-methyl/N-ethyl adjacent to an activating group) is 1. The summed E-state index contributed by atoms with van der Waals surface area (Å²) in [6.45, 7) is 8.99. The second kappa shape index (κ2) is 12.8. The van der Waals surface area contributed by atoms with Crippen LogP contribution in [0.5, 0.6) is 0 Å². The van der Waals surface area contributed by atoms with Crippen LogP contribution in [-0.4, -0.2) is 109 Å². The number of nitrogens with zero attached hydrogens (tertiary/aromatic N) is 6. The summed E-state index contributed by atoms with van der Waals surface area (Å²) in [5, 5.41) is 1.37. The molecule has 10 nitrogen and oxygen atoms in total. The molecule has 2 saturated heterocycles. The Balaban J connectivity index is 1.31. The number of benzene rings is 2. The van der Waals surface area contributed by atoms with Crippen molar-refractivity contribution < 1.29 is 13.2 Å². The number of fused-ring (bicyclic) bond motifs is 2. The molecular formula is C31H36ClN7O3S2. The van der Waals surface area contributed by atoms with E-state index in [9.17, 15) is 13.2 Å². The van der Waals surface area contributed by atoms with Gasteiger partial charge in [0.25, 0.3) is 0 Å². The van der Waals surface area contributed by atoms with Crippen molar-refractivity contribution in [2.45, 2.75) is 23.9 Å². The van der Waals surface area contributed by atoms with E-state index in [1.165, 1.54) is 28.0 Å². The van der Waals surface area contributed by atoms with Gasteiger partial charge < -0.3 is 15.4 Å². The average Bonchev–Trinajstić information content (AvgIpc) is 3.41. The Morgan fingerprint density at radius 2 is 1.91 bits per heavy atom. The van der Waals surface area contributed by atoms with Crippen molar-refractivity contribution in [1.29, 1.82) is 0 Å². The molecule has 0 bridgehead atoms. The fraction of sp³-hybridized carbons (Fsp3) is 0.387. The van der Waals surface area contributed by atoms with Crippen LogP contribution in [0, 0.1) is 0 Å². The Kier molecular flexibility index (Phi) is 9.02. The predicted molar refractivity (Wildman–Crippen MR) is 177 cm³/mol. The van der Waals surface area contributed by atoms with Crippen LogP contribution in [0.4, 0.5) is 5.82 Å². The molecule has 0 radical (unpaired) electrons. The molecule has 2 aromatic carbocycles. The zero-order valence-electron chi connectivity index (χ0n) is 24.5. The average molecular weight is 654 g/mol. The number of piperazine rings is 2. The summed E-state index contributed by atoms with van der Waals surface area (Å²) in [5.74, 6) is 0.414. The van der Waals surface area contributed by atoms with E-state index >= 15 is 0 Å². The highest BCUT2D eigenvalue weighted by Gasteiger charge is 2.42. The molecule has 232 valence electrons. The number of hydrogen-bond donors (Lipinski definition) is 1. The molecule has 2 fully saturated rings. The van der Waals surface area contributed by atoms with Crippen LogP contribution in [-0.2, 0) is 21.4 Å². The summed E-state index contributed by atoms with van der Waals surface area (Å²) in [6, 6.07) is 12.4. The number of aromatic nitrogens is 2. The monoisotopic (exact) mass is 653 g/mol. The summed E-state index contributed by atoms with van der Waals surface area (Å²) in [5.41, 5.74) is 7.74. The first kappa shape index (κ1) is 31.0. The van der Waals surface area contributed by atoms with Gasteiger partial charge in [0.15, 0.2) is 0 Å². The van der Waals surface area contributed by atoms with Crippen LogP contribution in [0.25, 0.3) is 21.0 Å². The largest absolute Gasteiger partial charge is 0.383 e. The molecule has 2 aromatic heterocycles. The number of carbonyl (C=O) groups is 1. The second-order valence-electron chi connectivity index (χ2n) is 11.6. The highest BCUT2D eigenvalue weighted by molar-refractivity contribution is 7.89. The second-order valence-corrected chi connectivity index (χ2v) is 15.2. The third kappa shape index (κ3) is 6.25. The third-order valence-electron chi connectivity index (χ3n) is 8.70. The maximum Gasteiger partial charge on any atom is 0.225 e. The van der Waals surface area contributed by atoms with Gasteiger partial charge in [0, 0.05) is 78.4 Å². The van der Waals surface area contributed by atoms with Crippen molar-refractivity contribution in [2.75, 3.05) is 58.6 Å². The number of nitrogens with two attached hydrogens (primary N) is 1. The fourth-order valence-electron chi connectivity index (χ4n) is 6.21. The highest BCUT2D eigenvalue weighted by Crippen LogP contribution is 2.38. The van der Waals surface area contributed by atoms with Gasteiger partial charge in [-0.3, -0.25) is 9.80 Å². The molecule has 2 aliphatic rings. The van der Waals surface area contributed by atoms with Crippen LogP contribution in [0.1, 0.15) is 15.7 Å². The van der Waals surface area contributed by atoms with Crippen molar-refractivity contribution in [3.05, 3.63) is 76.9 Å². The van der Waals surface area contributed by atoms with E-state index in [0.717, 1.165) is 59.0 Å². The van der Waals surface area contributed by atoms with Crippen molar-refractivity contribution in [2.24, 2.45) is 0 Å². The molecule has 0 spiro atoms. The normalized spacial score (nSPS) is 22.0. The topological polar surface area (TPSA) is 116 Å². The Bertz CT molecular complexity index is 1790. The molecule has 4 aromatic rings. The quantitative estimate of drug-likeness (QED) is 0.214.